The van der Waals surface area contributed by atoms with Crippen molar-refractivity contribution >= 4 is 13.6 Å². The van der Waals surface area contributed by atoms with Gasteiger partial charge < -0.3 is 4.89 Å². The van der Waals surface area contributed by atoms with E-state index >= 15 is 0 Å². The van der Waals surface area contributed by atoms with Gasteiger partial charge >= 0.3 is 7.82 Å². The zero-order valence-electron chi connectivity index (χ0n) is 14.1. The Balaban J connectivity index is 1.76. The van der Waals surface area contributed by atoms with Gasteiger partial charge in [-0.25, -0.2) is 4.57 Å². The summed E-state index contributed by atoms with van der Waals surface area (Å²) in [7, 11) is -4.55. The van der Waals surface area contributed by atoms with Crippen LogP contribution in [-0.2, 0) is 13.7 Å². The first kappa shape index (κ1) is 17.9. The highest BCUT2D eigenvalue weighted by Crippen LogP contribution is 2.46. The minimum absolute atomic E-state index is 0.00681. The van der Waals surface area contributed by atoms with Gasteiger partial charge in [0.05, 0.1) is 12.8 Å². The molecule has 0 saturated carbocycles. The molecule has 0 bridgehead atoms. The smallest absolute Gasteiger partial charge is 0.301 e. The summed E-state index contributed by atoms with van der Waals surface area (Å²) >= 11 is 0. The van der Waals surface area contributed by atoms with Gasteiger partial charge in [0, 0.05) is 0 Å². The second-order valence-corrected chi connectivity index (χ2v) is 6.31. The number of aromatic nitrogens is 12. The van der Waals surface area contributed by atoms with Crippen LogP contribution in [0.4, 0.5) is 0 Å². The highest BCUT2D eigenvalue weighted by molar-refractivity contribution is 7.47. The van der Waals surface area contributed by atoms with Crippen LogP contribution in [0.2, 0.25) is 0 Å². The highest BCUT2D eigenvalue weighted by Gasteiger charge is 2.42. The number of phosphoric acid groups is 1. The quantitative estimate of drug-likeness (QED) is 0.373. The van der Waals surface area contributed by atoms with E-state index in [9.17, 15) is 9.46 Å². The van der Waals surface area contributed by atoms with Crippen LogP contribution < -0.4 is 10.3 Å². The lowest BCUT2D eigenvalue weighted by Gasteiger charge is -2.33. The van der Waals surface area contributed by atoms with Gasteiger partial charge in [-0.05, 0) is 37.7 Å². The summed E-state index contributed by atoms with van der Waals surface area (Å²) in [6.45, 7) is 1.77. The average Bonchev–Trinajstić information content (AvgIpc) is 3.46. The topological polar surface area (TPSA) is 196 Å². The van der Waals surface area contributed by atoms with E-state index in [4.69, 9.17) is 9.15 Å². The summed E-state index contributed by atoms with van der Waals surface area (Å²) in [5.41, 5.74) is 0. The third kappa shape index (κ3) is 3.36. The molecule has 4 heterocycles. The first-order valence-corrected chi connectivity index (χ1v) is 9.06. The molecule has 0 aliphatic carbocycles. The van der Waals surface area contributed by atoms with Crippen molar-refractivity contribution in [1.29, 1.82) is 0 Å². The monoisotopic (exact) mass is 413 g/mol. The summed E-state index contributed by atoms with van der Waals surface area (Å²) in [6.07, 6.45) is 5.56. The van der Waals surface area contributed by atoms with Crippen molar-refractivity contribution in [3.05, 3.63) is 25.2 Å². The number of hydrogen-bond donors (Lipinski definition) is 1. The molecule has 19 nitrogen and oxygen atoms in total. The van der Waals surface area contributed by atoms with Crippen LogP contribution in [0.15, 0.2) is 25.2 Å². The fourth-order valence-corrected chi connectivity index (χ4v) is 2.81. The Morgan fingerprint density at radius 3 is 2.32 bits per heavy atom. The molecule has 0 amide bonds. The van der Waals surface area contributed by atoms with Gasteiger partial charge in [-0.2, -0.15) is 4.68 Å². The van der Waals surface area contributed by atoms with Gasteiger partial charge in [0.1, 0.15) is 6.33 Å². The van der Waals surface area contributed by atoms with Crippen molar-refractivity contribution in [1.82, 2.24) is 66.0 Å². The standard InChI is InChI=1S/C8H12N15O4P/c1-2-3-26-28(24,25)27-22-8(18-5-9-12-15-18)4-21(19-6-10-13-16-19)23(22)20-7-11-14-17-20/h4-7H,2-3H2,1H3,(H,24,25). The summed E-state index contributed by atoms with van der Waals surface area (Å²) < 4.78 is 23.7. The second-order valence-electron chi connectivity index (χ2n) is 4.95. The van der Waals surface area contributed by atoms with Gasteiger partial charge in [-0.15, -0.1) is 29.8 Å². The fraction of sp³-hybridized carbons (Fsp3) is 0.375. The molecule has 3 aromatic rings. The molecular formula is C8H12N15O4P. The maximum atomic E-state index is 12.4. The summed E-state index contributed by atoms with van der Waals surface area (Å²) in [5.74, 6) is 0.0605. The predicted molar refractivity (Wildman–Crippen MR) is 83.2 cm³/mol. The van der Waals surface area contributed by atoms with Gasteiger partial charge in [-0.1, -0.05) is 22.1 Å². The first-order chi connectivity index (χ1) is 13.6. The molecule has 1 unspecified atom stereocenters. The fourth-order valence-electron chi connectivity index (χ4n) is 2.00. The number of hydrogen-bond acceptors (Lipinski definition) is 15. The first-order valence-electron chi connectivity index (χ1n) is 7.57. The largest absolute Gasteiger partial charge is 0.495 e. The number of hydrazine groups is 2. The molecule has 148 valence electrons. The lowest BCUT2D eigenvalue weighted by molar-refractivity contribution is -0.0700. The minimum Gasteiger partial charge on any atom is -0.301 e. The Hall–Kier alpha value is -3.54. The molecule has 1 N–H and O–H groups in total. The Morgan fingerprint density at radius 1 is 1.04 bits per heavy atom. The van der Waals surface area contributed by atoms with E-state index in [0.717, 1.165) is 24.7 Å². The highest BCUT2D eigenvalue weighted by atomic mass is 31.2. The molecule has 0 saturated heterocycles. The molecule has 0 aromatic carbocycles. The molecule has 20 heteroatoms. The van der Waals surface area contributed by atoms with Crippen molar-refractivity contribution in [2.45, 2.75) is 13.3 Å². The zero-order chi connectivity index (χ0) is 19.6. The second kappa shape index (κ2) is 7.23. The summed E-state index contributed by atoms with van der Waals surface area (Å²) in [5, 5.41) is 35.7. The third-order valence-electron chi connectivity index (χ3n) is 3.07. The van der Waals surface area contributed by atoms with Gasteiger partial charge in [0.2, 0.25) is 5.82 Å². The Kier molecular flexibility index (Phi) is 4.61. The molecule has 1 atom stereocenters. The molecule has 0 fully saturated rings. The number of tetrazole rings is 3. The van der Waals surface area contributed by atoms with Crippen LogP contribution in [-0.4, -0.2) is 77.5 Å². The van der Waals surface area contributed by atoms with Gasteiger partial charge in [0.25, 0.3) is 0 Å². The van der Waals surface area contributed by atoms with E-state index in [0.29, 0.717) is 6.42 Å². The van der Waals surface area contributed by atoms with E-state index in [2.05, 4.69) is 46.6 Å². The minimum atomic E-state index is -4.55. The Morgan fingerprint density at radius 2 is 1.71 bits per heavy atom. The Labute approximate surface area is 154 Å². The van der Waals surface area contributed by atoms with Gasteiger partial charge in [-0.3, -0.25) is 4.52 Å². The van der Waals surface area contributed by atoms with E-state index in [1.54, 1.807) is 6.92 Å². The number of nitrogens with zero attached hydrogens (tertiary/aromatic N) is 15. The van der Waals surface area contributed by atoms with Crippen molar-refractivity contribution in [2.75, 3.05) is 17.0 Å². The van der Waals surface area contributed by atoms with E-state index in [1.807, 2.05) is 0 Å². The van der Waals surface area contributed by atoms with E-state index in [1.165, 1.54) is 30.3 Å². The number of phosphoric ester groups is 1. The predicted octanol–water partition coefficient (Wildman–Crippen LogP) is -2.72. The van der Waals surface area contributed by atoms with Crippen molar-refractivity contribution in [3.63, 3.8) is 0 Å². The van der Waals surface area contributed by atoms with Crippen LogP contribution in [0.1, 0.15) is 13.3 Å². The van der Waals surface area contributed by atoms with E-state index < -0.39 is 7.82 Å². The average molecular weight is 413 g/mol. The SMILES string of the molecule is CCCOP(=O)(O)ON1C(n2cnnn2)=CN(n2cnnn2)N1n1cnnn1. The maximum absolute atomic E-state index is 12.4. The number of hydroxylamine groups is 1. The molecule has 4 rings (SSSR count). The summed E-state index contributed by atoms with van der Waals surface area (Å²) in [4.78, 5) is 12.3. The lowest BCUT2D eigenvalue weighted by atomic mass is 10.5. The van der Waals surface area contributed by atoms with Crippen molar-refractivity contribution in [2.24, 2.45) is 0 Å². The lowest BCUT2D eigenvalue weighted by Crippen LogP contribution is -2.57. The molecule has 0 spiro atoms. The van der Waals surface area contributed by atoms with Crippen LogP contribution >= 0.6 is 7.82 Å². The van der Waals surface area contributed by atoms with E-state index in [-0.39, 0.29) is 12.4 Å². The zero-order valence-corrected chi connectivity index (χ0v) is 14.9. The van der Waals surface area contributed by atoms with Crippen LogP contribution in [0.5, 0.6) is 0 Å². The molecular weight excluding hydrogens is 401 g/mol. The Bertz CT molecular complexity index is 957. The third-order valence-corrected chi connectivity index (χ3v) is 3.94. The normalized spacial score (nSPS) is 16.5. The molecule has 1 aliphatic heterocycles. The molecule has 28 heavy (non-hydrogen) atoms. The van der Waals surface area contributed by atoms with Gasteiger partial charge in [0.15, 0.2) is 12.7 Å². The van der Waals surface area contributed by atoms with Crippen molar-refractivity contribution in [3.8, 4) is 0 Å². The van der Waals surface area contributed by atoms with Crippen LogP contribution in [0.25, 0.3) is 5.82 Å². The van der Waals surface area contributed by atoms with Crippen LogP contribution in [0, 0.1) is 0 Å². The molecule has 0 radical (unpaired) electrons. The molecule has 1 aliphatic rings. The maximum Gasteiger partial charge on any atom is 0.495 e. The van der Waals surface area contributed by atoms with Crippen molar-refractivity contribution < 1.29 is 18.6 Å². The molecule has 3 aromatic heterocycles. The summed E-state index contributed by atoms with van der Waals surface area (Å²) in [6, 6.07) is 0. The number of rotatable bonds is 8. The van der Waals surface area contributed by atoms with Crippen LogP contribution in [0.3, 0.4) is 0 Å².